The summed E-state index contributed by atoms with van der Waals surface area (Å²) in [6.45, 7) is 4.71. The van der Waals surface area contributed by atoms with Gasteiger partial charge < -0.3 is 10.5 Å². The number of carbonyl (C=O) groups excluding carboxylic acids is 2. The van der Waals surface area contributed by atoms with E-state index in [1.54, 1.807) is 50.8 Å². The predicted molar refractivity (Wildman–Crippen MR) is 134 cm³/mol. The lowest BCUT2D eigenvalue weighted by Gasteiger charge is -2.33. The number of nitrogen functional groups attached to an aromatic ring is 1. The Kier molecular flexibility index (Phi) is 6.64. The van der Waals surface area contributed by atoms with Crippen LogP contribution in [0.25, 0.3) is 21.8 Å². The summed E-state index contributed by atoms with van der Waals surface area (Å²) in [7, 11) is 3.06. The second-order valence-corrected chi connectivity index (χ2v) is 9.66. The smallest absolute Gasteiger partial charge is 0.429 e. The first-order valence-electron chi connectivity index (χ1n) is 11.5. The van der Waals surface area contributed by atoms with Crippen molar-refractivity contribution in [2.45, 2.75) is 39.1 Å². The number of hydrogen-bond acceptors (Lipinski definition) is 7. The van der Waals surface area contributed by atoms with Gasteiger partial charge in [-0.2, -0.15) is 18.3 Å². The Labute approximate surface area is 215 Å². The van der Waals surface area contributed by atoms with Gasteiger partial charge in [-0.05, 0) is 51.1 Å². The van der Waals surface area contributed by atoms with Gasteiger partial charge in [0.25, 0.3) is 5.91 Å². The van der Waals surface area contributed by atoms with Crippen LogP contribution in [-0.2, 0) is 24.5 Å². The van der Waals surface area contributed by atoms with Gasteiger partial charge in [-0.15, -0.1) is 0 Å². The van der Waals surface area contributed by atoms with E-state index in [0.29, 0.717) is 33.8 Å². The van der Waals surface area contributed by atoms with E-state index in [0.717, 1.165) is 22.2 Å². The summed E-state index contributed by atoms with van der Waals surface area (Å²) >= 11 is 0. The Balaban J connectivity index is 1.75. The number of ether oxygens (including phenoxy) is 1. The van der Waals surface area contributed by atoms with Crippen LogP contribution in [-0.4, -0.2) is 54.4 Å². The summed E-state index contributed by atoms with van der Waals surface area (Å²) in [6.07, 6.45) is -3.14. The third-order valence-electron chi connectivity index (χ3n) is 5.67. The van der Waals surface area contributed by atoms with Crippen LogP contribution in [0, 0.1) is 0 Å². The fourth-order valence-corrected chi connectivity index (χ4v) is 3.82. The van der Waals surface area contributed by atoms with E-state index < -0.39 is 29.3 Å². The van der Waals surface area contributed by atoms with E-state index in [1.807, 2.05) is 0 Å². The monoisotopic (exact) mass is 529 g/mol. The number of anilines is 1. The molecule has 0 aliphatic rings. The van der Waals surface area contributed by atoms with Gasteiger partial charge in [0.1, 0.15) is 11.4 Å². The molecular weight excluding hydrogens is 503 g/mol. The quantitative estimate of drug-likeness (QED) is 0.387. The molecular formula is C25H26F3N7O3. The third-order valence-corrected chi connectivity index (χ3v) is 5.67. The van der Waals surface area contributed by atoms with Crippen molar-refractivity contribution in [3.63, 3.8) is 0 Å². The number of aromatic nitrogens is 4. The Hall–Kier alpha value is -4.42. The highest BCUT2D eigenvalue weighted by Gasteiger charge is 2.32. The number of fused-ring (bicyclic) bond motifs is 3. The van der Waals surface area contributed by atoms with E-state index in [2.05, 4.69) is 15.1 Å². The minimum atomic E-state index is -4.56. The highest BCUT2D eigenvalue weighted by atomic mass is 19.4. The number of nitrogens with two attached hydrogens (primary N) is 1. The van der Waals surface area contributed by atoms with Crippen molar-refractivity contribution in [2.24, 2.45) is 7.05 Å². The molecule has 2 N–H and O–H groups in total. The van der Waals surface area contributed by atoms with E-state index in [-0.39, 0.29) is 17.8 Å². The van der Waals surface area contributed by atoms with Crippen molar-refractivity contribution in [3.8, 4) is 0 Å². The van der Waals surface area contributed by atoms with E-state index in [9.17, 15) is 22.8 Å². The zero-order valence-corrected chi connectivity index (χ0v) is 21.4. The fraction of sp³-hybridized carbons (Fsp3) is 0.320. The molecule has 4 rings (SSSR count). The van der Waals surface area contributed by atoms with Crippen molar-refractivity contribution in [3.05, 3.63) is 59.5 Å². The lowest BCUT2D eigenvalue weighted by atomic mass is 10.1. The number of hydrazine groups is 1. The zero-order chi connectivity index (χ0) is 28.0. The van der Waals surface area contributed by atoms with Gasteiger partial charge in [0.05, 0.1) is 40.4 Å². The molecule has 3 heterocycles. The fourth-order valence-electron chi connectivity index (χ4n) is 3.82. The van der Waals surface area contributed by atoms with Gasteiger partial charge in [-0.3, -0.25) is 14.5 Å². The maximum atomic E-state index is 13.8. The number of rotatable bonds is 3. The van der Waals surface area contributed by atoms with Crippen LogP contribution in [0.4, 0.5) is 23.8 Å². The molecule has 0 aliphatic heterocycles. The van der Waals surface area contributed by atoms with E-state index in [1.165, 1.54) is 13.1 Å². The molecule has 10 nitrogen and oxygen atoms in total. The number of carbonyl (C=O) groups is 2. The van der Waals surface area contributed by atoms with Gasteiger partial charge in [-0.1, -0.05) is 0 Å². The SMILES string of the molecule is CN(C(=O)OC(C)(C)C)N(Cc1ccc(C(F)(F)F)cn1)C(=O)c1ccc2nc(N)c3cnn(C)c3c2c1. The Morgan fingerprint density at radius 3 is 2.39 bits per heavy atom. The molecule has 0 atom stereocenters. The second kappa shape index (κ2) is 9.47. The molecule has 0 saturated heterocycles. The van der Waals surface area contributed by atoms with Crippen molar-refractivity contribution < 1.29 is 27.5 Å². The first-order valence-corrected chi connectivity index (χ1v) is 11.5. The molecule has 200 valence electrons. The summed E-state index contributed by atoms with van der Waals surface area (Å²) in [6, 6.07) is 6.76. The number of hydrogen-bond donors (Lipinski definition) is 1. The normalized spacial score (nSPS) is 12.1. The van der Waals surface area contributed by atoms with Crippen LogP contribution in [0.15, 0.2) is 42.7 Å². The standard InChI is InChI=1S/C25H26F3N7O3/c1-24(2,3)38-23(37)34(5)35(13-16-8-7-15(11-30-16)25(26,27)28)22(36)14-6-9-19-17(10-14)20-18(21(29)32-19)12-31-33(20)4/h6-12H,13H2,1-5H3,(H2,29,32). The number of nitrogens with zero attached hydrogens (tertiary/aromatic N) is 6. The van der Waals surface area contributed by atoms with Crippen molar-refractivity contribution in [1.82, 2.24) is 29.8 Å². The first-order chi connectivity index (χ1) is 17.7. The molecule has 0 spiro atoms. The molecule has 1 aromatic carbocycles. The van der Waals surface area contributed by atoms with Crippen LogP contribution < -0.4 is 5.73 Å². The van der Waals surface area contributed by atoms with Crippen LogP contribution >= 0.6 is 0 Å². The number of benzene rings is 1. The molecule has 13 heteroatoms. The van der Waals surface area contributed by atoms with E-state index in [4.69, 9.17) is 10.5 Å². The zero-order valence-electron chi connectivity index (χ0n) is 21.4. The van der Waals surface area contributed by atoms with Crippen LogP contribution in [0.1, 0.15) is 42.4 Å². The number of halogens is 3. The number of amides is 2. The van der Waals surface area contributed by atoms with Gasteiger partial charge in [-0.25, -0.2) is 19.8 Å². The molecule has 0 unspecified atom stereocenters. The van der Waals surface area contributed by atoms with Crippen molar-refractivity contribution >= 4 is 39.6 Å². The second-order valence-electron chi connectivity index (χ2n) is 9.66. The Bertz CT molecular complexity index is 1530. The van der Waals surface area contributed by atoms with Crippen LogP contribution in [0.5, 0.6) is 0 Å². The summed E-state index contributed by atoms with van der Waals surface area (Å²) in [4.78, 5) is 34.8. The molecule has 0 aliphatic carbocycles. The summed E-state index contributed by atoms with van der Waals surface area (Å²) < 4.78 is 46.0. The molecule has 0 fully saturated rings. The molecule has 38 heavy (non-hydrogen) atoms. The highest BCUT2D eigenvalue weighted by Crippen LogP contribution is 2.30. The van der Waals surface area contributed by atoms with Crippen LogP contribution in [0.3, 0.4) is 0 Å². The average Bonchev–Trinajstić information content (AvgIpc) is 3.22. The summed E-state index contributed by atoms with van der Waals surface area (Å²) in [5, 5.41) is 7.46. The van der Waals surface area contributed by atoms with Crippen molar-refractivity contribution in [1.29, 1.82) is 0 Å². The molecule has 0 radical (unpaired) electrons. The number of pyridine rings is 2. The Morgan fingerprint density at radius 1 is 1.08 bits per heavy atom. The van der Waals surface area contributed by atoms with Gasteiger partial charge in [0.15, 0.2) is 0 Å². The maximum absolute atomic E-state index is 13.8. The topological polar surface area (TPSA) is 119 Å². The minimum Gasteiger partial charge on any atom is -0.442 e. The predicted octanol–water partition coefficient (Wildman–Crippen LogP) is 4.54. The average molecular weight is 530 g/mol. The lowest BCUT2D eigenvalue weighted by Crippen LogP contribution is -2.48. The molecule has 3 aromatic heterocycles. The summed E-state index contributed by atoms with van der Waals surface area (Å²) in [5.74, 6) is -0.326. The largest absolute Gasteiger partial charge is 0.442 e. The van der Waals surface area contributed by atoms with Gasteiger partial charge >= 0.3 is 12.3 Å². The number of aryl methyl sites for hydroxylation is 1. The molecule has 0 saturated carbocycles. The van der Waals surface area contributed by atoms with E-state index >= 15 is 0 Å². The number of alkyl halides is 3. The molecule has 2 amide bonds. The third kappa shape index (κ3) is 5.31. The summed E-state index contributed by atoms with van der Waals surface area (Å²) in [5.41, 5.74) is 5.79. The van der Waals surface area contributed by atoms with Gasteiger partial charge in [0.2, 0.25) is 0 Å². The van der Waals surface area contributed by atoms with Gasteiger partial charge in [0, 0.05) is 31.2 Å². The first kappa shape index (κ1) is 26.6. The molecule has 4 aromatic rings. The minimum absolute atomic E-state index is 0.131. The lowest BCUT2D eigenvalue weighted by molar-refractivity contribution is -0.137. The van der Waals surface area contributed by atoms with Crippen molar-refractivity contribution in [2.75, 3.05) is 12.8 Å². The highest BCUT2D eigenvalue weighted by molar-refractivity contribution is 6.10. The maximum Gasteiger partial charge on any atom is 0.429 e. The molecule has 0 bridgehead atoms. The Morgan fingerprint density at radius 2 is 1.79 bits per heavy atom. The van der Waals surface area contributed by atoms with Crippen LogP contribution in [0.2, 0.25) is 0 Å².